The molecule has 0 aliphatic heterocycles. The van der Waals surface area contributed by atoms with Gasteiger partial charge in [-0.25, -0.2) is 0 Å². The fourth-order valence-electron chi connectivity index (χ4n) is 2.09. The zero-order valence-corrected chi connectivity index (χ0v) is 12.2. The summed E-state index contributed by atoms with van der Waals surface area (Å²) in [6, 6.07) is 14.0. The summed E-state index contributed by atoms with van der Waals surface area (Å²) in [6.45, 7) is 4.55. The van der Waals surface area contributed by atoms with Gasteiger partial charge in [0.1, 0.15) is 11.5 Å². The molecule has 2 N–H and O–H groups in total. The summed E-state index contributed by atoms with van der Waals surface area (Å²) in [6.07, 6.45) is 0.177. The quantitative estimate of drug-likeness (QED) is 0.903. The molecule has 2 aromatic carbocycles. The fraction of sp³-hybridized carbons (Fsp3) is 0.294. The Morgan fingerprint density at radius 1 is 1.05 bits per heavy atom. The van der Waals surface area contributed by atoms with E-state index in [9.17, 15) is 0 Å². The van der Waals surface area contributed by atoms with Crippen molar-refractivity contribution in [1.29, 1.82) is 0 Å². The van der Waals surface area contributed by atoms with E-state index >= 15 is 0 Å². The first-order valence-electron chi connectivity index (χ1n) is 6.78. The van der Waals surface area contributed by atoms with Gasteiger partial charge >= 0.3 is 0 Å². The molecule has 0 amide bonds. The van der Waals surface area contributed by atoms with Crippen LogP contribution in [0.2, 0.25) is 0 Å². The molecule has 0 heterocycles. The van der Waals surface area contributed by atoms with Crippen molar-refractivity contribution in [2.75, 3.05) is 7.11 Å². The monoisotopic (exact) mass is 271 g/mol. The topological polar surface area (TPSA) is 44.5 Å². The van der Waals surface area contributed by atoms with Crippen LogP contribution in [-0.4, -0.2) is 13.2 Å². The molecular formula is C17H21NO2. The van der Waals surface area contributed by atoms with Crippen molar-refractivity contribution in [3.63, 3.8) is 0 Å². The lowest BCUT2D eigenvalue weighted by Gasteiger charge is -2.13. The van der Waals surface area contributed by atoms with Gasteiger partial charge in [0.05, 0.1) is 13.2 Å². The maximum atomic E-state index is 5.71. The molecule has 2 aromatic rings. The Morgan fingerprint density at radius 3 is 2.30 bits per heavy atom. The van der Waals surface area contributed by atoms with Gasteiger partial charge in [-0.15, -0.1) is 0 Å². The molecule has 0 aromatic heterocycles. The second-order valence-electron chi connectivity index (χ2n) is 4.93. The summed E-state index contributed by atoms with van der Waals surface area (Å²) in [5.74, 6) is 1.72. The lowest BCUT2D eigenvalue weighted by atomic mass is 10.0. The SMILES string of the molecule is COc1ccc(CN)cc1-c1ccc(OC(C)C)cc1. The number of nitrogens with two attached hydrogens (primary N) is 1. The third-order valence-corrected chi connectivity index (χ3v) is 3.04. The number of hydrogen-bond donors (Lipinski definition) is 1. The average molecular weight is 271 g/mol. The molecular weight excluding hydrogens is 250 g/mol. The Morgan fingerprint density at radius 2 is 1.75 bits per heavy atom. The summed E-state index contributed by atoms with van der Waals surface area (Å²) in [4.78, 5) is 0. The Bertz CT molecular complexity index is 562. The fourth-order valence-corrected chi connectivity index (χ4v) is 2.09. The summed E-state index contributed by atoms with van der Waals surface area (Å²) in [5, 5.41) is 0. The van der Waals surface area contributed by atoms with E-state index in [4.69, 9.17) is 15.2 Å². The average Bonchev–Trinajstić information content (AvgIpc) is 2.46. The zero-order chi connectivity index (χ0) is 14.5. The van der Waals surface area contributed by atoms with E-state index in [1.807, 2.05) is 50.2 Å². The normalized spacial score (nSPS) is 10.7. The summed E-state index contributed by atoms with van der Waals surface area (Å²) in [5.41, 5.74) is 8.93. The lowest BCUT2D eigenvalue weighted by molar-refractivity contribution is 0.242. The van der Waals surface area contributed by atoms with E-state index in [-0.39, 0.29) is 6.10 Å². The van der Waals surface area contributed by atoms with E-state index in [0.29, 0.717) is 6.54 Å². The van der Waals surface area contributed by atoms with Gasteiger partial charge in [0, 0.05) is 12.1 Å². The molecule has 0 spiro atoms. The summed E-state index contributed by atoms with van der Waals surface area (Å²) >= 11 is 0. The Balaban J connectivity index is 2.35. The van der Waals surface area contributed by atoms with Gasteiger partial charge in [0.15, 0.2) is 0 Å². The van der Waals surface area contributed by atoms with Crippen LogP contribution in [0.15, 0.2) is 42.5 Å². The first-order chi connectivity index (χ1) is 9.63. The molecule has 2 rings (SSSR count). The van der Waals surface area contributed by atoms with Crippen molar-refractivity contribution in [2.24, 2.45) is 5.73 Å². The highest BCUT2D eigenvalue weighted by Gasteiger charge is 2.07. The van der Waals surface area contributed by atoms with Crippen LogP contribution in [0.5, 0.6) is 11.5 Å². The molecule has 0 saturated heterocycles. The first-order valence-corrected chi connectivity index (χ1v) is 6.78. The third-order valence-electron chi connectivity index (χ3n) is 3.04. The Labute approximate surface area is 120 Å². The minimum absolute atomic E-state index is 0.177. The predicted molar refractivity (Wildman–Crippen MR) is 82.1 cm³/mol. The van der Waals surface area contributed by atoms with Crippen LogP contribution in [0.25, 0.3) is 11.1 Å². The van der Waals surface area contributed by atoms with Crippen molar-refractivity contribution < 1.29 is 9.47 Å². The van der Waals surface area contributed by atoms with Crippen molar-refractivity contribution in [1.82, 2.24) is 0 Å². The molecule has 0 fully saturated rings. The predicted octanol–water partition coefficient (Wildman–Crippen LogP) is 3.61. The van der Waals surface area contributed by atoms with E-state index < -0.39 is 0 Å². The second kappa shape index (κ2) is 6.44. The molecule has 0 bridgehead atoms. The molecule has 0 aliphatic rings. The number of hydrogen-bond acceptors (Lipinski definition) is 3. The maximum Gasteiger partial charge on any atom is 0.126 e. The van der Waals surface area contributed by atoms with E-state index in [1.54, 1.807) is 7.11 Å². The van der Waals surface area contributed by atoms with Gasteiger partial charge in [0.2, 0.25) is 0 Å². The van der Waals surface area contributed by atoms with Crippen LogP contribution in [0.4, 0.5) is 0 Å². The highest BCUT2D eigenvalue weighted by molar-refractivity contribution is 5.71. The molecule has 0 aliphatic carbocycles. The van der Waals surface area contributed by atoms with Gasteiger partial charge in [0.25, 0.3) is 0 Å². The van der Waals surface area contributed by atoms with Crippen molar-refractivity contribution >= 4 is 0 Å². The molecule has 0 unspecified atom stereocenters. The number of methoxy groups -OCH3 is 1. The molecule has 0 radical (unpaired) electrons. The van der Waals surface area contributed by atoms with Crippen molar-refractivity contribution in [3.05, 3.63) is 48.0 Å². The van der Waals surface area contributed by atoms with Crippen LogP contribution in [0, 0.1) is 0 Å². The first kappa shape index (κ1) is 14.4. The minimum atomic E-state index is 0.177. The largest absolute Gasteiger partial charge is 0.496 e. The van der Waals surface area contributed by atoms with E-state index in [1.165, 1.54) is 0 Å². The highest BCUT2D eigenvalue weighted by atomic mass is 16.5. The Kier molecular flexibility index (Phi) is 4.64. The second-order valence-corrected chi connectivity index (χ2v) is 4.93. The lowest BCUT2D eigenvalue weighted by Crippen LogP contribution is -2.05. The van der Waals surface area contributed by atoms with Crippen LogP contribution in [0.1, 0.15) is 19.4 Å². The number of benzene rings is 2. The van der Waals surface area contributed by atoms with Gasteiger partial charge in [-0.1, -0.05) is 18.2 Å². The van der Waals surface area contributed by atoms with Crippen molar-refractivity contribution in [2.45, 2.75) is 26.5 Å². The van der Waals surface area contributed by atoms with Crippen LogP contribution < -0.4 is 15.2 Å². The van der Waals surface area contributed by atoms with E-state index in [2.05, 4.69) is 6.07 Å². The van der Waals surface area contributed by atoms with Gasteiger partial charge < -0.3 is 15.2 Å². The Hall–Kier alpha value is -2.00. The molecule has 20 heavy (non-hydrogen) atoms. The van der Waals surface area contributed by atoms with Crippen molar-refractivity contribution in [3.8, 4) is 22.6 Å². The molecule has 0 atom stereocenters. The van der Waals surface area contributed by atoms with E-state index in [0.717, 1.165) is 28.2 Å². The molecule has 106 valence electrons. The van der Waals surface area contributed by atoms with Gasteiger partial charge in [-0.3, -0.25) is 0 Å². The molecule has 3 heteroatoms. The summed E-state index contributed by atoms with van der Waals surface area (Å²) in [7, 11) is 1.68. The zero-order valence-electron chi connectivity index (χ0n) is 12.2. The molecule has 0 saturated carbocycles. The maximum absolute atomic E-state index is 5.71. The van der Waals surface area contributed by atoms with Gasteiger partial charge in [-0.05, 0) is 49.2 Å². The van der Waals surface area contributed by atoms with Crippen LogP contribution >= 0.6 is 0 Å². The molecule has 3 nitrogen and oxygen atoms in total. The smallest absolute Gasteiger partial charge is 0.126 e. The van der Waals surface area contributed by atoms with Gasteiger partial charge in [-0.2, -0.15) is 0 Å². The summed E-state index contributed by atoms with van der Waals surface area (Å²) < 4.78 is 11.1. The third kappa shape index (κ3) is 3.31. The number of rotatable bonds is 5. The van der Waals surface area contributed by atoms with Crippen LogP contribution in [0.3, 0.4) is 0 Å². The minimum Gasteiger partial charge on any atom is -0.496 e. The standard InChI is InChI=1S/C17H21NO2/c1-12(2)20-15-7-5-14(6-8-15)16-10-13(11-18)4-9-17(16)19-3/h4-10,12H,11,18H2,1-3H3. The highest BCUT2D eigenvalue weighted by Crippen LogP contribution is 2.32. The number of ether oxygens (including phenoxy) is 2. The van der Waals surface area contributed by atoms with Crippen LogP contribution in [-0.2, 0) is 6.54 Å².